The molecule has 1 aliphatic rings. The average molecular weight is 401 g/mol. The molecule has 0 unspecified atom stereocenters. The Morgan fingerprint density at radius 2 is 1.19 bits per heavy atom. The Hall–Kier alpha value is -4.11. The Bertz CT molecular complexity index is 1270. The molecular formula is C28H19NO2. The van der Waals surface area contributed by atoms with Crippen LogP contribution in [0.3, 0.4) is 0 Å². The highest BCUT2D eigenvalue weighted by Crippen LogP contribution is 2.45. The van der Waals surface area contributed by atoms with Gasteiger partial charge in [0, 0.05) is 40.4 Å². The summed E-state index contributed by atoms with van der Waals surface area (Å²) in [5.74, 6) is -0.214. The maximum Gasteiger partial charge on any atom is 0.190 e. The molecule has 3 aromatic carbocycles. The molecule has 31 heavy (non-hydrogen) atoms. The van der Waals surface area contributed by atoms with Gasteiger partial charge in [0.1, 0.15) is 0 Å². The Kier molecular flexibility index (Phi) is 4.85. The zero-order valence-corrected chi connectivity index (χ0v) is 16.8. The van der Waals surface area contributed by atoms with Gasteiger partial charge in [-0.05, 0) is 17.2 Å². The summed E-state index contributed by atoms with van der Waals surface area (Å²) in [7, 11) is 0. The number of fused-ring (bicyclic) bond motifs is 3. The van der Waals surface area contributed by atoms with Crippen LogP contribution >= 0.6 is 0 Å². The van der Waals surface area contributed by atoms with Gasteiger partial charge in [0.15, 0.2) is 11.6 Å². The second-order valence-electron chi connectivity index (χ2n) is 7.46. The number of rotatable bonds is 5. The largest absolute Gasteiger partial charge is 0.294 e. The van der Waals surface area contributed by atoms with Crippen molar-refractivity contribution in [1.29, 1.82) is 0 Å². The molecule has 0 radical (unpaired) electrons. The predicted molar refractivity (Wildman–Crippen MR) is 122 cm³/mol. The number of hydrogen-bond acceptors (Lipinski definition) is 3. The number of pyridine rings is 1. The van der Waals surface area contributed by atoms with Gasteiger partial charge in [0.25, 0.3) is 0 Å². The first-order chi connectivity index (χ1) is 15.2. The molecule has 4 aromatic rings. The lowest BCUT2D eigenvalue weighted by Crippen LogP contribution is -2.12. The van der Waals surface area contributed by atoms with Crippen molar-refractivity contribution in [3.63, 3.8) is 0 Å². The molecule has 0 saturated heterocycles. The fourth-order valence-electron chi connectivity index (χ4n) is 4.13. The van der Waals surface area contributed by atoms with E-state index in [1.54, 1.807) is 30.5 Å². The first-order valence-corrected chi connectivity index (χ1v) is 10.2. The lowest BCUT2D eigenvalue weighted by molar-refractivity contribution is 0.0961. The van der Waals surface area contributed by atoms with Gasteiger partial charge in [-0.1, -0.05) is 91.0 Å². The van der Waals surface area contributed by atoms with E-state index in [0.29, 0.717) is 16.7 Å². The zero-order valence-electron chi connectivity index (χ0n) is 16.8. The lowest BCUT2D eigenvalue weighted by atomic mass is 9.88. The summed E-state index contributed by atoms with van der Waals surface area (Å²) in [5.41, 5.74) is 6.13. The molecule has 1 aromatic heterocycles. The second-order valence-corrected chi connectivity index (χ2v) is 7.46. The van der Waals surface area contributed by atoms with Crippen LogP contribution in [0.1, 0.15) is 38.3 Å². The molecule has 0 bridgehead atoms. The molecule has 0 fully saturated rings. The van der Waals surface area contributed by atoms with Gasteiger partial charge in [-0.3, -0.25) is 14.6 Å². The van der Waals surface area contributed by atoms with Crippen LogP contribution in [-0.4, -0.2) is 16.6 Å². The van der Waals surface area contributed by atoms with E-state index in [1.165, 1.54) is 0 Å². The molecular weight excluding hydrogens is 382 g/mol. The van der Waals surface area contributed by atoms with Gasteiger partial charge in [-0.15, -0.1) is 0 Å². The van der Waals surface area contributed by atoms with Crippen molar-refractivity contribution in [2.75, 3.05) is 0 Å². The van der Waals surface area contributed by atoms with Crippen molar-refractivity contribution in [1.82, 2.24) is 4.98 Å². The van der Waals surface area contributed by atoms with E-state index in [-0.39, 0.29) is 18.0 Å². The molecule has 1 aliphatic carbocycles. The number of nitrogens with zero attached hydrogens (tertiary/aromatic N) is 1. The summed E-state index contributed by atoms with van der Waals surface area (Å²) in [6.45, 7) is 0. The highest BCUT2D eigenvalue weighted by molar-refractivity contribution is 6.20. The summed E-state index contributed by atoms with van der Waals surface area (Å²) in [6, 6.07) is 30.0. The molecule has 0 amide bonds. The number of aromatic nitrogens is 1. The summed E-state index contributed by atoms with van der Waals surface area (Å²) < 4.78 is 0. The third-order valence-corrected chi connectivity index (χ3v) is 5.57. The van der Waals surface area contributed by atoms with E-state index in [2.05, 4.69) is 4.98 Å². The fourth-order valence-corrected chi connectivity index (χ4v) is 4.13. The maximum absolute atomic E-state index is 13.7. The number of carbonyl (C=O) groups excluding carboxylic acids is 2. The molecule has 1 heterocycles. The average Bonchev–Trinajstić information content (AvgIpc) is 3.17. The normalized spacial score (nSPS) is 13.3. The van der Waals surface area contributed by atoms with Crippen LogP contribution in [-0.2, 0) is 0 Å². The Labute approximate surface area is 180 Å². The second kappa shape index (κ2) is 7.96. The van der Waals surface area contributed by atoms with E-state index < -0.39 is 0 Å². The van der Waals surface area contributed by atoms with Gasteiger partial charge in [-0.25, -0.2) is 0 Å². The van der Waals surface area contributed by atoms with Crippen LogP contribution in [0.2, 0.25) is 0 Å². The summed E-state index contributed by atoms with van der Waals surface area (Å²) in [4.78, 5) is 31.4. The highest BCUT2D eigenvalue weighted by atomic mass is 16.1. The molecule has 3 nitrogen and oxygen atoms in total. The first kappa shape index (κ1) is 18.9. The number of ketones is 2. The topological polar surface area (TPSA) is 47.0 Å². The van der Waals surface area contributed by atoms with Gasteiger partial charge >= 0.3 is 0 Å². The molecule has 0 saturated carbocycles. The number of benzene rings is 3. The van der Waals surface area contributed by atoms with E-state index >= 15 is 0 Å². The van der Waals surface area contributed by atoms with Gasteiger partial charge in [-0.2, -0.15) is 0 Å². The minimum Gasteiger partial charge on any atom is -0.294 e. The number of hydrogen-bond donors (Lipinski definition) is 0. The van der Waals surface area contributed by atoms with Crippen LogP contribution in [0.15, 0.2) is 109 Å². The lowest BCUT2D eigenvalue weighted by Gasteiger charge is -2.13. The molecule has 0 spiro atoms. The Morgan fingerprint density at radius 3 is 1.90 bits per heavy atom. The fraction of sp³-hybridized carbons (Fsp3) is 0.0357. The number of Topliss-reactive ketones (excluding diaryl/α,β-unsaturated/α-hetero) is 2. The van der Waals surface area contributed by atoms with Crippen molar-refractivity contribution in [2.24, 2.45) is 0 Å². The Morgan fingerprint density at radius 1 is 0.613 bits per heavy atom. The molecule has 0 atom stereocenters. The third-order valence-electron chi connectivity index (χ3n) is 5.57. The van der Waals surface area contributed by atoms with Crippen LogP contribution < -0.4 is 0 Å². The van der Waals surface area contributed by atoms with E-state index in [4.69, 9.17) is 0 Å². The Balaban J connectivity index is 1.73. The van der Waals surface area contributed by atoms with E-state index in [1.807, 2.05) is 72.8 Å². The number of allylic oxidation sites excluding steroid dienone is 1. The minimum absolute atomic E-state index is 0.0236. The predicted octanol–water partition coefficient (Wildman–Crippen LogP) is 6.02. The smallest absolute Gasteiger partial charge is 0.190 e. The summed E-state index contributed by atoms with van der Waals surface area (Å²) in [6.07, 6.45) is 1.78. The molecule has 0 N–H and O–H groups in total. The standard InChI is InChI=1S/C28H19NO2/c30-25(19-10-3-1-4-11-19)18-24(28(31)20-12-5-2-6-13-20)26-21-14-7-8-15-22(21)27-23(26)16-9-17-29-27/h1-17H,18H2. The minimum atomic E-state index is -0.133. The van der Waals surface area contributed by atoms with Crippen molar-refractivity contribution in [2.45, 2.75) is 6.42 Å². The van der Waals surface area contributed by atoms with Gasteiger partial charge < -0.3 is 0 Å². The van der Waals surface area contributed by atoms with Crippen LogP contribution in [0, 0.1) is 0 Å². The first-order valence-electron chi connectivity index (χ1n) is 10.2. The maximum atomic E-state index is 13.7. The third kappa shape index (κ3) is 3.40. The molecule has 3 heteroatoms. The quantitative estimate of drug-likeness (QED) is 0.267. The monoisotopic (exact) mass is 401 g/mol. The summed E-state index contributed by atoms with van der Waals surface area (Å²) >= 11 is 0. The van der Waals surface area contributed by atoms with Gasteiger partial charge in [0.2, 0.25) is 0 Å². The highest BCUT2D eigenvalue weighted by Gasteiger charge is 2.30. The van der Waals surface area contributed by atoms with Crippen molar-refractivity contribution < 1.29 is 9.59 Å². The number of carbonyl (C=O) groups is 2. The molecule has 0 aliphatic heterocycles. The van der Waals surface area contributed by atoms with Crippen LogP contribution in [0.4, 0.5) is 0 Å². The molecule has 5 rings (SSSR count). The zero-order chi connectivity index (χ0) is 21.2. The molecule has 148 valence electrons. The van der Waals surface area contributed by atoms with Crippen molar-refractivity contribution in [3.8, 4) is 11.3 Å². The van der Waals surface area contributed by atoms with Gasteiger partial charge in [0.05, 0.1) is 5.69 Å². The SMILES string of the molecule is O=C(CC(C(=O)c1ccccc1)=C1c2ccccc2-c2ncccc21)c1ccccc1. The van der Waals surface area contributed by atoms with Crippen molar-refractivity contribution in [3.05, 3.63) is 131 Å². The van der Waals surface area contributed by atoms with Crippen molar-refractivity contribution >= 4 is 17.1 Å². The van der Waals surface area contributed by atoms with E-state index in [0.717, 1.165) is 28.0 Å². The van der Waals surface area contributed by atoms with Crippen LogP contribution in [0.5, 0.6) is 0 Å². The van der Waals surface area contributed by atoms with E-state index in [9.17, 15) is 9.59 Å². The summed E-state index contributed by atoms with van der Waals surface area (Å²) in [5, 5.41) is 0. The van der Waals surface area contributed by atoms with Crippen LogP contribution in [0.25, 0.3) is 16.8 Å².